The molecule has 1 N–H and O–H groups in total. The lowest BCUT2D eigenvalue weighted by Crippen LogP contribution is -2.19. The van der Waals surface area contributed by atoms with Crippen LogP contribution in [0.4, 0.5) is 13.2 Å². The Morgan fingerprint density at radius 3 is 2.19 bits per heavy atom. The van der Waals surface area contributed by atoms with E-state index >= 15 is 0 Å². The van der Waals surface area contributed by atoms with E-state index < -0.39 is 11.7 Å². The molecule has 0 radical (unpaired) electrons. The van der Waals surface area contributed by atoms with E-state index in [9.17, 15) is 13.2 Å². The number of aryl methyl sites for hydroxylation is 1. The molecule has 1 atom stereocenters. The molecule has 0 saturated carbocycles. The normalized spacial score (nSPS) is 13.2. The lowest BCUT2D eigenvalue weighted by Gasteiger charge is -2.17. The zero-order valence-corrected chi connectivity index (χ0v) is 12.0. The van der Waals surface area contributed by atoms with Gasteiger partial charge in [0.25, 0.3) is 0 Å². The quantitative estimate of drug-likeness (QED) is 0.848. The maximum atomic E-state index is 12.5. The fraction of sp³-hybridized carbons (Fsp3) is 0.294. The fourth-order valence-corrected chi connectivity index (χ4v) is 2.27. The van der Waals surface area contributed by atoms with Crippen molar-refractivity contribution in [3.63, 3.8) is 0 Å². The molecular formula is C17H18F3N. The zero-order valence-electron chi connectivity index (χ0n) is 12.0. The number of alkyl halides is 3. The van der Waals surface area contributed by atoms with Crippen LogP contribution in [0.25, 0.3) is 0 Å². The van der Waals surface area contributed by atoms with Crippen LogP contribution >= 0.6 is 0 Å². The summed E-state index contributed by atoms with van der Waals surface area (Å²) in [5.41, 5.74) is 2.62. The number of hydrogen-bond donors (Lipinski definition) is 1. The van der Waals surface area contributed by atoms with Crippen molar-refractivity contribution < 1.29 is 13.2 Å². The highest BCUT2D eigenvalue weighted by Crippen LogP contribution is 2.29. The molecule has 0 bridgehead atoms. The minimum Gasteiger partial charge on any atom is -0.306 e. The Balaban J connectivity index is 1.99. The summed E-state index contributed by atoms with van der Waals surface area (Å²) in [6.45, 7) is 4.63. The second-order valence-electron chi connectivity index (χ2n) is 5.15. The first-order valence-corrected chi connectivity index (χ1v) is 6.83. The maximum Gasteiger partial charge on any atom is 0.416 e. The van der Waals surface area contributed by atoms with E-state index in [-0.39, 0.29) is 6.04 Å². The summed E-state index contributed by atoms with van der Waals surface area (Å²) in [6.07, 6.45) is -4.28. The van der Waals surface area contributed by atoms with E-state index in [0.717, 1.165) is 17.7 Å². The summed E-state index contributed by atoms with van der Waals surface area (Å²) < 4.78 is 37.5. The molecule has 2 aromatic rings. The highest BCUT2D eigenvalue weighted by molar-refractivity contribution is 5.29. The second-order valence-corrected chi connectivity index (χ2v) is 5.15. The van der Waals surface area contributed by atoms with Gasteiger partial charge in [-0.05, 0) is 42.7 Å². The van der Waals surface area contributed by atoms with E-state index in [4.69, 9.17) is 0 Å². The van der Waals surface area contributed by atoms with Gasteiger partial charge in [0, 0.05) is 12.6 Å². The van der Waals surface area contributed by atoms with E-state index in [1.165, 1.54) is 23.3 Å². The predicted octanol–water partition coefficient (Wildman–Crippen LogP) is 4.86. The van der Waals surface area contributed by atoms with E-state index in [2.05, 4.69) is 11.4 Å². The summed E-state index contributed by atoms with van der Waals surface area (Å²) in [5.74, 6) is 0. The number of benzene rings is 2. The van der Waals surface area contributed by atoms with Crippen molar-refractivity contribution in [3.05, 3.63) is 70.8 Å². The van der Waals surface area contributed by atoms with Crippen molar-refractivity contribution in [1.29, 1.82) is 0 Å². The van der Waals surface area contributed by atoms with Crippen LogP contribution in [0.5, 0.6) is 0 Å². The predicted molar refractivity (Wildman–Crippen MR) is 77.9 cm³/mol. The summed E-state index contributed by atoms with van der Waals surface area (Å²) in [4.78, 5) is 0. The van der Waals surface area contributed by atoms with Crippen LogP contribution in [-0.2, 0) is 12.7 Å². The highest BCUT2D eigenvalue weighted by Gasteiger charge is 2.29. The van der Waals surface area contributed by atoms with Crippen molar-refractivity contribution in [2.24, 2.45) is 0 Å². The molecule has 1 unspecified atom stereocenters. The maximum absolute atomic E-state index is 12.5. The molecule has 0 heterocycles. The molecule has 0 aliphatic rings. The minimum absolute atomic E-state index is 0.147. The monoisotopic (exact) mass is 293 g/mol. The average Bonchev–Trinajstić information content (AvgIpc) is 2.45. The molecule has 0 aliphatic heterocycles. The van der Waals surface area contributed by atoms with Crippen molar-refractivity contribution >= 4 is 0 Å². The smallest absolute Gasteiger partial charge is 0.306 e. The molecule has 112 valence electrons. The Hall–Kier alpha value is -1.81. The van der Waals surface area contributed by atoms with Crippen molar-refractivity contribution in [3.8, 4) is 0 Å². The average molecular weight is 293 g/mol. The standard InChI is InChI=1S/C17H18F3N/c1-12-5-3-4-6-16(12)13(2)21-11-14-7-9-15(10-8-14)17(18,19)20/h3-10,13,21H,11H2,1-2H3. The van der Waals surface area contributed by atoms with Gasteiger partial charge in [-0.3, -0.25) is 0 Å². The topological polar surface area (TPSA) is 12.0 Å². The van der Waals surface area contributed by atoms with Crippen molar-refractivity contribution in [2.45, 2.75) is 32.6 Å². The molecular weight excluding hydrogens is 275 g/mol. The number of nitrogens with one attached hydrogen (secondary N) is 1. The highest BCUT2D eigenvalue weighted by atomic mass is 19.4. The van der Waals surface area contributed by atoms with E-state index in [1.807, 2.05) is 32.0 Å². The molecule has 0 saturated heterocycles. The molecule has 2 rings (SSSR count). The zero-order chi connectivity index (χ0) is 15.5. The van der Waals surface area contributed by atoms with Gasteiger partial charge < -0.3 is 5.32 Å². The van der Waals surface area contributed by atoms with Gasteiger partial charge >= 0.3 is 6.18 Å². The summed E-state index contributed by atoms with van der Waals surface area (Å²) in [7, 11) is 0. The molecule has 1 nitrogen and oxygen atoms in total. The van der Waals surface area contributed by atoms with Crippen LogP contribution in [0.15, 0.2) is 48.5 Å². The minimum atomic E-state index is -4.28. The number of hydrogen-bond acceptors (Lipinski definition) is 1. The van der Waals surface area contributed by atoms with Gasteiger partial charge in [0.2, 0.25) is 0 Å². The Bertz CT molecular complexity index is 588. The third kappa shape index (κ3) is 4.08. The van der Waals surface area contributed by atoms with Gasteiger partial charge in [0.05, 0.1) is 5.56 Å². The van der Waals surface area contributed by atoms with E-state index in [0.29, 0.717) is 6.54 Å². The summed E-state index contributed by atoms with van der Waals surface area (Å²) >= 11 is 0. The van der Waals surface area contributed by atoms with Gasteiger partial charge in [-0.1, -0.05) is 36.4 Å². The Morgan fingerprint density at radius 2 is 1.62 bits per heavy atom. The summed E-state index contributed by atoms with van der Waals surface area (Å²) in [6, 6.07) is 13.5. The molecule has 0 aliphatic carbocycles. The lowest BCUT2D eigenvalue weighted by molar-refractivity contribution is -0.137. The van der Waals surface area contributed by atoms with Crippen LogP contribution < -0.4 is 5.32 Å². The first kappa shape index (κ1) is 15.6. The Morgan fingerprint density at radius 1 is 1.00 bits per heavy atom. The largest absolute Gasteiger partial charge is 0.416 e. The third-order valence-electron chi connectivity index (χ3n) is 3.55. The first-order valence-electron chi connectivity index (χ1n) is 6.83. The SMILES string of the molecule is Cc1ccccc1C(C)NCc1ccc(C(F)(F)F)cc1. The molecule has 4 heteroatoms. The third-order valence-corrected chi connectivity index (χ3v) is 3.55. The van der Waals surface area contributed by atoms with Gasteiger partial charge in [-0.15, -0.1) is 0 Å². The molecule has 0 spiro atoms. The molecule has 0 amide bonds. The van der Waals surface area contributed by atoms with Crippen molar-refractivity contribution in [2.75, 3.05) is 0 Å². The molecule has 0 aromatic heterocycles. The van der Waals surface area contributed by atoms with Crippen LogP contribution in [0.1, 0.15) is 35.2 Å². The van der Waals surface area contributed by atoms with Crippen LogP contribution in [0, 0.1) is 6.92 Å². The van der Waals surface area contributed by atoms with Gasteiger partial charge in [0.1, 0.15) is 0 Å². The first-order chi connectivity index (χ1) is 9.88. The lowest BCUT2D eigenvalue weighted by atomic mass is 10.0. The summed E-state index contributed by atoms with van der Waals surface area (Å²) in [5, 5.41) is 3.33. The van der Waals surface area contributed by atoms with Crippen LogP contribution in [0.2, 0.25) is 0 Å². The Kier molecular flexibility index (Phi) is 4.68. The van der Waals surface area contributed by atoms with Crippen LogP contribution in [0.3, 0.4) is 0 Å². The number of halogens is 3. The van der Waals surface area contributed by atoms with Crippen LogP contribution in [-0.4, -0.2) is 0 Å². The molecule has 21 heavy (non-hydrogen) atoms. The number of rotatable bonds is 4. The second kappa shape index (κ2) is 6.31. The Labute approximate surface area is 122 Å². The molecule has 2 aromatic carbocycles. The van der Waals surface area contributed by atoms with Gasteiger partial charge in [0.15, 0.2) is 0 Å². The van der Waals surface area contributed by atoms with Crippen molar-refractivity contribution in [1.82, 2.24) is 5.32 Å². The van der Waals surface area contributed by atoms with Gasteiger partial charge in [-0.2, -0.15) is 13.2 Å². The fourth-order valence-electron chi connectivity index (χ4n) is 2.27. The van der Waals surface area contributed by atoms with E-state index in [1.54, 1.807) is 0 Å². The van der Waals surface area contributed by atoms with Gasteiger partial charge in [-0.25, -0.2) is 0 Å². The molecule has 0 fully saturated rings.